The summed E-state index contributed by atoms with van der Waals surface area (Å²) in [6.45, 7) is 3.60. The van der Waals surface area contributed by atoms with E-state index >= 15 is 0 Å². The predicted octanol–water partition coefficient (Wildman–Crippen LogP) is 2.56. The van der Waals surface area contributed by atoms with Crippen LogP contribution in [0.15, 0.2) is 48.5 Å². The van der Waals surface area contributed by atoms with E-state index in [4.69, 9.17) is 10.00 Å². The van der Waals surface area contributed by atoms with Gasteiger partial charge in [0.1, 0.15) is 0 Å². The molecular formula is C21H22N4O4. The Kier molecular flexibility index (Phi) is 7.74. The van der Waals surface area contributed by atoms with Crippen molar-refractivity contribution < 1.29 is 19.1 Å². The number of ether oxygens (including phenoxy) is 1. The molecule has 0 aromatic heterocycles. The van der Waals surface area contributed by atoms with E-state index in [2.05, 4.69) is 16.0 Å². The number of nitriles is 1. The van der Waals surface area contributed by atoms with Crippen LogP contribution in [0.25, 0.3) is 0 Å². The van der Waals surface area contributed by atoms with Crippen molar-refractivity contribution in [1.82, 2.24) is 10.6 Å². The molecule has 0 bridgehead atoms. The Morgan fingerprint density at radius 3 is 2.48 bits per heavy atom. The number of nitrogens with one attached hydrogen (secondary N) is 3. The van der Waals surface area contributed by atoms with E-state index in [-0.39, 0.29) is 12.1 Å². The minimum absolute atomic E-state index is 0.0413. The van der Waals surface area contributed by atoms with Gasteiger partial charge in [-0.05, 0) is 49.7 Å². The highest BCUT2D eigenvalue weighted by molar-refractivity contribution is 5.95. The van der Waals surface area contributed by atoms with Gasteiger partial charge in [-0.1, -0.05) is 18.2 Å². The molecule has 0 saturated heterocycles. The van der Waals surface area contributed by atoms with Crippen LogP contribution in [0.2, 0.25) is 0 Å². The lowest BCUT2D eigenvalue weighted by atomic mass is 10.1. The van der Waals surface area contributed by atoms with Crippen LogP contribution in [-0.4, -0.2) is 30.6 Å². The van der Waals surface area contributed by atoms with Crippen LogP contribution in [0.4, 0.5) is 10.5 Å². The summed E-state index contributed by atoms with van der Waals surface area (Å²) in [6.07, 6.45) is 0. The van der Waals surface area contributed by atoms with E-state index in [9.17, 15) is 14.4 Å². The number of rotatable bonds is 7. The van der Waals surface area contributed by atoms with Gasteiger partial charge >= 0.3 is 12.0 Å². The van der Waals surface area contributed by atoms with Gasteiger partial charge in [-0.25, -0.2) is 9.59 Å². The zero-order chi connectivity index (χ0) is 21.2. The second kappa shape index (κ2) is 10.5. The molecule has 0 unspecified atom stereocenters. The summed E-state index contributed by atoms with van der Waals surface area (Å²) in [5.74, 6) is -1.14. The minimum atomic E-state index is -0.636. The van der Waals surface area contributed by atoms with Crippen molar-refractivity contribution in [2.45, 2.75) is 26.4 Å². The maximum Gasteiger partial charge on any atom is 0.338 e. The average Bonchev–Trinajstić information content (AvgIpc) is 2.70. The minimum Gasteiger partial charge on any atom is -0.452 e. The number of hydrogen-bond acceptors (Lipinski definition) is 5. The van der Waals surface area contributed by atoms with Crippen LogP contribution >= 0.6 is 0 Å². The Bertz CT molecular complexity index is 917. The standard InChI is InChI=1S/C21H22N4O4/c1-14(2)24-21(28)23-12-15-6-8-17(9-7-15)20(27)29-13-19(26)25-18-5-3-4-16(10-18)11-22/h3-10,14H,12-13H2,1-2H3,(H,25,26)(H2,23,24,28). The number of carbonyl (C=O) groups excluding carboxylic acids is 3. The quantitative estimate of drug-likeness (QED) is 0.623. The smallest absolute Gasteiger partial charge is 0.338 e. The van der Waals surface area contributed by atoms with E-state index in [0.29, 0.717) is 23.4 Å². The van der Waals surface area contributed by atoms with Gasteiger partial charge < -0.3 is 20.7 Å². The molecule has 0 heterocycles. The summed E-state index contributed by atoms with van der Waals surface area (Å²) in [4.78, 5) is 35.6. The lowest BCUT2D eigenvalue weighted by Gasteiger charge is -2.10. The molecule has 0 fully saturated rings. The molecule has 29 heavy (non-hydrogen) atoms. The Morgan fingerprint density at radius 2 is 1.83 bits per heavy atom. The molecule has 0 atom stereocenters. The first-order valence-electron chi connectivity index (χ1n) is 8.98. The number of amides is 3. The zero-order valence-corrected chi connectivity index (χ0v) is 16.2. The maximum atomic E-state index is 12.1. The summed E-state index contributed by atoms with van der Waals surface area (Å²) in [7, 11) is 0. The SMILES string of the molecule is CC(C)NC(=O)NCc1ccc(C(=O)OCC(=O)Nc2cccc(C#N)c2)cc1. The number of hydrogen-bond donors (Lipinski definition) is 3. The van der Waals surface area contributed by atoms with Gasteiger partial charge in [0.05, 0.1) is 17.2 Å². The van der Waals surface area contributed by atoms with Gasteiger partial charge in [-0.3, -0.25) is 4.79 Å². The number of urea groups is 1. The normalized spacial score (nSPS) is 10.0. The van der Waals surface area contributed by atoms with Gasteiger partial charge in [-0.15, -0.1) is 0 Å². The summed E-state index contributed by atoms with van der Waals surface area (Å²) >= 11 is 0. The Hall–Kier alpha value is -3.86. The highest BCUT2D eigenvalue weighted by Gasteiger charge is 2.11. The fourth-order valence-electron chi connectivity index (χ4n) is 2.33. The molecule has 2 aromatic carbocycles. The van der Waals surface area contributed by atoms with Crippen LogP contribution in [0.5, 0.6) is 0 Å². The number of carbonyl (C=O) groups is 3. The second-order valence-electron chi connectivity index (χ2n) is 6.50. The van der Waals surface area contributed by atoms with Crippen LogP contribution < -0.4 is 16.0 Å². The summed E-state index contributed by atoms with van der Waals surface area (Å²) in [5, 5.41) is 16.8. The molecule has 2 aromatic rings. The molecule has 0 aliphatic rings. The average molecular weight is 394 g/mol. The molecule has 8 heteroatoms. The van der Waals surface area contributed by atoms with Gasteiger partial charge in [0.15, 0.2) is 6.61 Å². The fraction of sp³-hybridized carbons (Fsp3) is 0.238. The lowest BCUT2D eigenvalue weighted by Crippen LogP contribution is -2.39. The highest BCUT2D eigenvalue weighted by atomic mass is 16.5. The Balaban J connectivity index is 1.80. The predicted molar refractivity (Wildman–Crippen MR) is 107 cm³/mol. The largest absolute Gasteiger partial charge is 0.452 e. The fourth-order valence-corrected chi connectivity index (χ4v) is 2.33. The first kappa shape index (κ1) is 21.4. The van der Waals surface area contributed by atoms with E-state index < -0.39 is 18.5 Å². The van der Waals surface area contributed by atoms with Crippen molar-refractivity contribution in [3.05, 3.63) is 65.2 Å². The topological polar surface area (TPSA) is 120 Å². The first-order chi connectivity index (χ1) is 13.9. The monoisotopic (exact) mass is 394 g/mol. The molecular weight excluding hydrogens is 372 g/mol. The van der Waals surface area contributed by atoms with E-state index in [1.165, 1.54) is 6.07 Å². The molecule has 3 N–H and O–H groups in total. The Labute approximate surface area is 168 Å². The second-order valence-corrected chi connectivity index (χ2v) is 6.50. The lowest BCUT2D eigenvalue weighted by molar-refractivity contribution is -0.119. The molecule has 8 nitrogen and oxygen atoms in total. The Morgan fingerprint density at radius 1 is 1.10 bits per heavy atom. The third kappa shape index (κ3) is 7.34. The van der Waals surface area contributed by atoms with Gasteiger partial charge in [-0.2, -0.15) is 5.26 Å². The van der Waals surface area contributed by atoms with Gasteiger partial charge in [0.2, 0.25) is 0 Å². The molecule has 2 rings (SSSR count). The van der Waals surface area contributed by atoms with E-state index in [1.54, 1.807) is 42.5 Å². The number of nitrogens with zero attached hydrogens (tertiary/aromatic N) is 1. The maximum absolute atomic E-state index is 12.1. The zero-order valence-electron chi connectivity index (χ0n) is 16.2. The van der Waals surface area contributed by atoms with Gasteiger partial charge in [0, 0.05) is 18.3 Å². The van der Waals surface area contributed by atoms with E-state index in [0.717, 1.165) is 5.56 Å². The molecule has 150 valence electrons. The van der Waals surface area contributed by atoms with Crippen LogP contribution in [0, 0.1) is 11.3 Å². The summed E-state index contributed by atoms with van der Waals surface area (Å²) in [5.41, 5.74) is 1.97. The van der Waals surface area contributed by atoms with Crippen LogP contribution in [-0.2, 0) is 16.1 Å². The van der Waals surface area contributed by atoms with Crippen molar-refractivity contribution in [3.63, 3.8) is 0 Å². The third-order valence-electron chi connectivity index (χ3n) is 3.67. The molecule has 0 aliphatic carbocycles. The summed E-state index contributed by atoms with van der Waals surface area (Å²) < 4.78 is 5.00. The molecule has 0 saturated carbocycles. The van der Waals surface area contributed by atoms with E-state index in [1.807, 2.05) is 19.9 Å². The van der Waals surface area contributed by atoms with Crippen molar-refractivity contribution in [1.29, 1.82) is 5.26 Å². The number of benzene rings is 2. The highest BCUT2D eigenvalue weighted by Crippen LogP contribution is 2.10. The number of anilines is 1. The molecule has 0 spiro atoms. The number of esters is 1. The van der Waals surface area contributed by atoms with Crippen molar-refractivity contribution in [2.75, 3.05) is 11.9 Å². The first-order valence-corrected chi connectivity index (χ1v) is 8.98. The van der Waals surface area contributed by atoms with Crippen molar-refractivity contribution in [2.24, 2.45) is 0 Å². The van der Waals surface area contributed by atoms with Gasteiger partial charge in [0.25, 0.3) is 5.91 Å². The third-order valence-corrected chi connectivity index (χ3v) is 3.67. The molecule has 0 aliphatic heterocycles. The molecule has 0 radical (unpaired) electrons. The van der Waals surface area contributed by atoms with Crippen molar-refractivity contribution >= 4 is 23.6 Å². The van der Waals surface area contributed by atoms with Crippen LogP contribution in [0.3, 0.4) is 0 Å². The molecule has 3 amide bonds. The van der Waals surface area contributed by atoms with Crippen molar-refractivity contribution in [3.8, 4) is 6.07 Å². The van der Waals surface area contributed by atoms with Crippen LogP contribution in [0.1, 0.15) is 35.3 Å². The summed E-state index contributed by atoms with van der Waals surface area (Å²) in [6, 6.07) is 14.7.